The Morgan fingerprint density at radius 3 is 2.53 bits per heavy atom. The molecule has 0 fully saturated rings. The molecular weight excluding hydrogens is 482 g/mol. The summed E-state index contributed by atoms with van der Waals surface area (Å²) < 4.78 is 27.7. The highest BCUT2D eigenvalue weighted by Gasteiger charge is 2.21. The van der Waals surface area contributed by atoms with Crippen LogP contribution in [0.3, 0.4) is 0 Å². The number of aliphatic hydroxyl groups is 1. The number of benzene rings is 3. The molecular formula is C22H22ClN5O5S. The second-order valence-electron chi connectivity index (χ2n) is 7.16. The summed E-state index contributed by atoms with van der Waals surface area (Å²) >= 11 is 5.88. The summed E-state index contributed by atoms with van der Waals surface area (Å²) in [5.41, 5.74) is 4.05. The first-order chi connectivity index (χ1) is 16.2. The minimum atomic E-state index is -4.08. The second kappa shape index (κ2) is 11.0. The number of rotatable bonds is 10. The van der Waals surface area contributed by atoms with E-state index in [9.17, 15) is 18.5 Å². The SMILES string of the molecule is CN(CCO)c1ccc(C=NNc2ccc(S(=O)(=O)Nc3cccc(Cl)c3)cc2[N+](=O)[O-])cc1. The average Bonchev–Trinajstić information content (AvgIpc) is 2.79. The number of sulfonamides is 1. The minimum absolute atomic E-state index is 0.0299. The van der Waals surface area contributed by atoms with Crippen LogP contribution in [0.1, 0.15) is 5.56 Å². The van der Waals surface area contributed by atoms with Crippen LogP contribution in [0.15, 0.2) is 76.7 Å². The maximum absolute atomic E-state index is 12.7. The first-order valence-corrected chi connectivity index (χ1v) is 11.8. The Hall–Kier alpha value is -3.67. The third kappa shape index (κ3) is 6.44. The quantitative estimate of drug-likeness (QED) is 0.216. The highest BCUT2D eigenvalue weighted by molar-refractivity contribution is 7.92. The molecule has 0 unspecified atom stereocenters. The van der Waals surface area contributed by atoms with Crippen LogP contribution in [0.25, 0.3) is 0 Å². The lowest BCUT2D eigenvalue weighted by Gasteiger charge is -2.17. The Morgan fingerprint density at radius 1 is 1.15 bits per heavy atom. The normalized spacial score (nSPS) is 11.4. The van der Waals surface area contributed by atoms with Gasteiger partial charge in [0.25, 0.3) is 15.7 Å². The maximum atomic E-state index is 12.7. The van der Waals surface area contributed by atoms with Crippen LogP contribution >= 0.6 is 11.6 Å². The largest absolute Gasteiger partial charge is 0.395 e. The molecule has 10 nitrogen and oxygen atoms in total. The van der Waals surface area contributed by atoms with Gasteiger partial charge in [0, 0.05) is 30.4 Å². The van der Waals surface area contributed by atoms with E-state index in [0.29, 0.717) is 11.6 Å². The van der Waals surface area contributed by atoms with Crippen molar-refractivity contribution in [3.8, 4) is 0 Å². The van der Waals surface area contributed by atoms with Crippen molar-refractivity contribution < 1.29 is 18.4 Å². The van der Waals surface area contributed by atoms with Crippen LogP contribution in [-0.4, -0.2) is 44.9 Å². The van der Waals surface area contributed by atoms with Gasteiger partial charge in [-0.3, -0.25) is 20.3 Å². The number of nitrogens with zero attached hydrogens (tertiary/aromatic N) is 3. The van der Waals surface area contributed by atoms with E-state index in [1.807, 2.05) is 24.1 Å². The van der Waals surface area contributed by atoms with Crippen LogP contribution in [0.4, 0.5) is 22.7 Å². The number of hydrogen-bond donors (Lipinski definition) is 3. The van der Waals surface area contributed by atoms with E-state index < -0.39 is 20.6 Å². The predicted molar refractivity (Wildman–Crippen MR) is 133 cm³/mol. The Morgan fingerprint density at radius 2 is 1.88 bits per heavy atom. The monoisotopic (exact) mass is 503 g/mol. The summed E-state index contributed by atoms with van der Waals surface area (Å²) in [5.74, 6) is 0. The molecule has 12 heteroatoms. The summed E-state index contributed by atoms with van der Waals surface area (Å²) in [6.45, 7) is 0.540. The molecule has 178 valence electrons. The van der Waals surface area contributed by atoms with Crippen molar-refractivity contribution in [3.05, 3.63) is 87.4 Å². The van der Waals surface area contributed by atoms with Crippen LogP contribution in [0.2, 0.25) is 5.02 Å². The Labute approximate surface area is 201 Å². The second-order valence-corrected chi connectivity index (χ2v) is 9.28. The number of hydrazone groups is 1. The van der Waals surface area contributed by atoms with E-state index in [4.69, 9.17) is 16.7 Å². The molecule has 0 saturated heterocycles. The summed E-state index contributed by atoms with van der Waals surface area (Å²) in [6.07, 6.45) is 1.48. The molecule has 0 aliphatic heterocycles. The molecule has 0 aromatic heterocycles. The van der Waals surface area contributed by atoms with Gasteiger partial charge in [-0.15, -0.1) is 0 Å². The first-order valence-electron chi connectivity index (χ1n) is 9.97. The van der Waals surface area contributed by atoms with Gasteiger partial charge in [-0.1, -0.05) is 29.8 Å². The van der Waals surface area contributed by atoms with Gasteiger partial charge in [-0.25, -0.2) is 8.42 Å². The zero-order valence-corrected chi connectivity index (χ0v) is 19.6. The fourth-order valence-corrected chi connectivity index (χ4v) is 4.22. The average molecular weight is 504 g/mol. The molecule has 0 heterocycles. The zero-order valence-electron chi connectivity index (χ0n) is 18.1. The number of nitro benzene ring substituents is 1. The standard InChI is InChI=1S/C22H22ClN5O5S/c1-27(11-12-29)19-7-5-16(6-8-19)15-24-25-21-10-9-20(14-22(21)28(30)31)34(32,33)26-18-4-2-3-17(23)13-18/h2-10,13-15,25-26,29H,11-12H2,1H3. The molecule has 0 bridgehead atoms. The summed E-state index contributed by atoms with van der Waals surface area (Å²) in [7, 11) is -2.23. The van der Waals surface area contributed by atoms with Gasteiger partial charge < -0.3 is 10.0 Å². The topological polar surface area (TPSA) is 137 Å². The van der Waals surface area contributed by atoms with E-state index in [0.717, 1.165) is 17.3 Å². The maximum Gasteiger partial charge on any atom is 0.295 e. The number of hydrogen-bond acceptors (Lipinski definition) is 8. The summed E-state index contributed by atoms with van der Waals surface area (Å²) in [6, 6.07) is 16.9. The van der Waals surface area contributed by atoms with E-state index >= 15 is 0 Å². The molecule has 3 rings (SSSR count). The van der Waals surface area contributed by atoms with Crippen LogP contribution in [0, 0.1) is 10.1 Å². The van der Waals surface area contributed by atoms with Crippen molar-refractivity contribution in [2.24, 2.45) is 5.10 Å². The van der Waals surface area contributed by atoms with Gasteiger partial charge in [0.15, 0.2) is 0 Å². The van der Waals surface area contributed by atoms with Gasteiger partial charge in [0.2, 0.25) is 0 Å². The van der Waals surface area contributed by atoms with Gasteiger partial charge in [-0.05, 0) is 48.0 Å². The zero-order chi connectivity index (χ0) is 24.7. The van der Waals surface area contributed by atoms with Crippen molar-refractivity contribution in [1.29, 1.82) is 0 Å². The highest BCUT2D eigenvalue weighted by Crippen LogP contribution is 2.29. The third-order valence-electron chi connectivity index (χ3n) is 4.72. The van der Waals surface area contributed by atoms with Gasteiger partial charge >= 0.3 is 0 Å². The van der Waals surface area contributed by atoms with Crippen molar-refractivity contribution >= 4 is 50.6 Å². The van der Waals surface area contributed by atoms with E-state index in [2.05, 4.69) is 15.2 Å². The van der Waals surface area contributed by atoms with Gasteiger partial charge in [-0.2, -0.15) is 5.10 Å². The van der Waals surface area contributed by atoms with E-state index in [1.165, 1.54) is 30.5 Å². The van der Waals surface area contributed by atoms with Crippen molar-refractivity contribution in [2.75, 3.05) is 35.2 Å². The molecule has 0 amide bonds. The minimum Gasteiger partial charge on any atom is -0.395 e. The fourth-order valence-electron chi connectivity index (χ4n) is 2.96. The molecule has 0 saturated carbocycles. The van der Waals surface area contributed by atoms with Crippen LogP contribution in [0.5, 0.6) is 0 Å². The third-order valence-corrected chi connectivity index (χ3v) is 6.33. The van der Waals surface area contributed by atoms with Crippen LogP contribution < -0.4 is 15.0 Å². The fraction of sp³-hybridized carbons (Fsp3) is 0.136. The Bertz CT molecular complexity index is 1300. The highest BCUT2D eigenvalue weighted by atomic mass is 35.5. The number of nitro groups is 1. The number of aliphatic hydroxyl groups excluding tert-OH is 1. The molecule has 0 atom stereocenters. The first kappa shape index (κ1) is 25.0. The number of halogens is 1. The lowest BCUT2D eigenvalue weighted by molar-refractivity contribution is -0.384. The van der Waals surface area contributed by atoms with Gasteiger partial charge in [0.1, 0.15) is 5.69 Å². The molecule has 34 heavy (non-hydrogen) atoms. The molecule has 0 aliphatic rings. The predicted octanol–water partition coefficient (Wildman–Crippen LogP) is 3.92. The lowest BCUT2D eigenvalue weighted by atomic mass is 10.2. The van der Waals surface area contributed by atoms with Crippen molar-refractivity contribution in [3.63, 3.8) is 0 Å². The number of nitrogens with one attached hydrogen (secondary N) is 2. The van der Waals surface area contributed by atoms with E-state index in [-0.39, 0.29) is 22.9 Å². The van der Waals surface area contributed by atoms with E-state index in [1.54, 1.807) is 24.3 Å². The molecule has 0 radical (unpaired) electrons. The molecule has 0 spiro atoms. The molecule has 0 aliphatic carbocycles. The molecule has 3 aromatic carbocycles. The number of anilines is 3. The Balaban J connectivity index is 1.76. The van der Waals surface area contributed by atoms with Crippen molar-refractivity contribution in [2.45, 2.75) is 4.90 Å². The molecule has 3 aromatic rings. The van der Waals surface area contributed by atoms with Gasteiger partial charge in [0.05, 0.1) is 28.3 Å². The number of likely N-dealkylation sites (N-methyl/N-ethyl adjacent to an activating group) is 1. The molecule has 3 N–H and O–H groups in total. The summed E-state index contributed by atoms with van der Waals surface area (Å²) in [5, 5.41) is 24.9. The smallest absolute Gasteiger partial charge is 0.295 e. The van der Waals surface area contributed by atoms with Crippen molar-refractivity contribution in [1.82, 2.24) is 0 Å². The lowest BCUT2D eigenvalue weighted by Crippen LogP contribution is -2.20. The summed E-state index contributed by atoms with van der Waals surface area (Å²) in [4.78, 5) is 12.5. The van der Waals surface area contributed by atoms with Crippen LogP contribution in [-0.2, 0) is 10.0 Å². The Kier molecular flexibility index (Phi) is 8.05.